The van der Waals surface area contributed by atoms with Gasteiger partial charge in [-0.3, -0.25) is 0 Å². The van der Waals surface area contributed by atoms with Gasteiger partial charge < -0.3 is 0 Å². The highest BCUT2D eigenvalue weighted by atomic mass is 15.3. The maximum Gasteiger partial charge on any atom is 0.244 e. The fraction of sp³-hybridized carbons (Fsp3) is 0.519. The molecular weight excluding hydrogens is 352 g/mol. The zero-order chi connectivity index (χ0) is 21.3. The minimum absolute atomic E-state index is 0.514. The highest BCUT2D eigenvalue weighted by molar-refractivity contribution is 5.82. The van der Waals surface area contributed by atoms with Crippen LogP contribution in [0.1, 0.15) is 101 Å². The van der Waals surface area contributed by atoms with Crippen LogP contribution in [-0.2, 0) is 0 Å². The average molecular weight is 392 g/mol. The summed E-state index contributed by atoms with van der Waals surface area (Å²) in [6.45, 7) is 20.5. The number of rotatable bonds is 6. The molecule has 0 bridgehead atoms. The summed E-state index contributed by atoms with van der Waals surface area (Å²) in [5.41, 5.74) is 8.67. The molecule has 3 rings (SSSR count). The van der Waals surface area contributed by atoms with Crippen LogP contribution >= 0.6 is 0 Å². The van der Waals surface area contributed by atoms with E-state index in [9.17, 15) is 0 Å². The van der Waals surface area contributed by atoms with E-state index in [1.165, 1.54) is 33.6 Å². The monoisotopic (exact) mass is 391 g/mol. The first-order valence-corrected chi connectivity index (χ1v) is 11.4. The van der Waals surface area contributed by atoms with Gasteiger partial charge in [0.1, 0.15) is 24.5 Å². The lowest BCUT2D eigenvalue weighted by Crippen LogP contribution is -2.22. The summed E-state index contributed by atoms with van der Waals surface area (Å²) in [4.78, 5) is 2.51. The largest absolute Gasteiger partial charge is 0.244 e. The lowest BCUT2D eigenvalue weighted by atomic mass is 9.92. The van der Waals surface area contributed by atoms with Gasteiger partial charge in [-0.1, -0.05) is 91.8 Å². The summed E-state index contributed by atoms with van der Waals surface area (Å²) >= 11 is 0. The zero-order valence-electron chi connectivity index (χ0n) is 19.7. The Kier molecular flexibility index (Phi) is 6.51. The molecular formula is C27H39N2+. The summed E-state index contributed by atoms with van der Waals surface area (Å²) in [7, 11) is 0. The second-order valence-electron chi connectivity index (χ2n) is 9.69. The summed E-state index contributed by atoms with van der Waals surface area (Å²) < 4.78 is 2.51. The molecule has 0 saturated heterocycles. The number of hydrogen-bond acceptors (Lipinski definition) is 1. The van der Waals surface area contributed by atoms with Crippen LogP contribution < -0.4 is 4.90 Å². The van der Waals surface area contributed by atoms with E-state index in [2.05, 4.69) is 108 Å². The standard InChI is InChI=1S/C27H39N2/c1-18(2)22-11-9-12-23(19(3)4)26(22)28-15-16-29(17-28)27-24(20(5)6)13-10-14-25(27)21(7)8/h9-14,17-21H,15-16H2,1-8H3/q+1. The van der Waals surface area contributed by atoms with Crippen LogP contribution in [0.5, 0.6) is 0 Å². The van der Waals surface area contributed by atoms with Crippen LogP contribution in [0.25, 0.3) is 0 Å². The van der Waals surface area contributed by atoms with E-state index < -0.39 is 0 Å². The lowest BCUT2D eigenvalue weighted by Gasteiger charge is -2.20. The van der Waals surface area contributed by atoms with Crippen molar-refractivity contribution in [2.75, 3.05) is 18.0 Å². The molecule has 0 N–H and O–H groups in total. The predicted molar refractivity (Wildman–Crippen MR) is 127 cm³/mol. The van der Waals surface area contributed by atoms with E-state index in [-0.39, 0.29) is 0 Å². The number of para-hydroxylation sites is 2. The van der Waals surface area contributed by atoms with Crippen molar-refractivity contribution in [3.8, 4) is 0 Å². The van der Waals surface area contributed by atoms with Crippen molar-refractivity contribution < 1.29 is 4.58 Å². The molecule has 2 nitrogen and oxygen atoms in total. The Morgan fingerprint density at radius 1 is 0.655 bits per heavy atom. The molecule has 0 atom stereocenters. The van der Waals surface area contributed by atoms with Gasteiger partial charge in [0.05, 0.1) is 0 Å². The topological polar surface area (TPSA) is 6.25 Å². The van der Waals surface area contributed by atoms with Gasteiger partial charge in [-0.25, -0.2) is 9.48 Å². The van der Waals surface area contributed by atoms with Crippen LogP contribution in [-0.4, -0.2) is 24.0 Å². The minimum atomic E-state index is 0.514. The first-order valence-electron chi connectivity index (χ1n) is 11.4. The molecule has 156 valence electrons. The number of benzene rings is 2. The summed E-state index contributed by atoms with van der Waals surface area (Å²) in [6, 6.07) is 13.7. The van der Waals surface area contributed by atoms with Gasteiger partial charge in [0.15, 0.2) is 0 Å². The molecule has 2 aromatic rings. The van der Waals surface area contributed by atoms with Crippen molar-refractivity contribution in [1.29, 1.82) is 0 Å². The molecule has 0 radical (unpaired) electrons. The van der Waals surface area contributed by atoms with E-state index in [1.54, 1.807) is 0 Å². The van der Waals surface area contributed by atoms with E-state index in [1.807, 2.05) is 0 Å². The fourth-order valence-corrected chi connectivity index (χ4v) is 4.53. The van der Waals surface area contributed by atoms with E-state index in [0.29, 0.717) is 23.7 Å². The van der Waals surface area contributed by atoms with Crippen molar-refractivity contribution in [3.05, 3.63) is 58.7 Å². The molecule has 0 spiro atoms. The molecule has 1 aliphatic heterocycles. The Bertz CT molecular complexity index is 835. The summed E-state index contributed by atoms with van der Waals surface area (Å²) in [5, 5.41) is 0. The quantitative estimate of drug-likeness (QED) is 0.466. The fourth-order valence-electron chi connectivity index (χ4n) is 4.53. The van der Waals surface area contributed by atoms with Crippen LogP contribution in [0, 0.1) is 0 Å². The molecule has 1 heterocycles. The molecule has 0 aliphatic carbocycles. The van der Waals surface area contributed by atoms with Crippen molar-refractivity contribution in [1.82, 2.24) is 0 Å². The SMILES string of the molecule is CC(C)c1cccc(C(C)C)c1N1C=[N+](c2c(C(C)C)cccc2C(C)C)CC1. The van der Waals surface area contributed by atoms with E-state index in [0.717, 1.165) is 13.1 Å². The molecule has 0 amide bonds. The predicted octanol–water partition coefficient (Wildman–Crippen LogP) is 7.37. The second-order valence-corrected chi connectivity index (χ2v) is 9.69. The molecule has 0 fully saturated rings. The third kappa shape index (κ3) is 4.27. The van der Waals surface area contributed by atoms with Crippen LogP contribution in [0.4, 0.5) is 11.4 Å². The van der Waals surface area contributed by atoms with Gasteiger partial charge >= 0.3 is 0 Å². The highest BCUT2D eigenvalue weighted by Crippen LogP contribution is 2.38. The molecule has 2 heteroatoms. The van der Waals surface area contributed by atoms with Gasteiger partial charge in [-0.15, -0.1) is 0 Å². The van der Waals surface area contributed by atoms with Gasteiger partial charge in [-0.05, 0) is 23.7 Å². The Morgan fingerprint density at radius 2 is 1.07 bits per heavy atom. The van der Waals surface area contributed by atoms with Gasteiger partial charge in [0.25, 0.3) is 0 Å². The smallest absolute Gasteiger partial charge is 0.229 e. The Morgan fingerprint density at radius 3 is 1.48 bits per heavy atom. The van der Waals surface area contributed by atoms with E-state index in [4.69, 9.17) is 0 Å². The van der Waals surface area contributed by atoms with Crippen molar-refractivity contribution in [2.45, 2.75) is 79.1 Å². The lowest BCUT2D eigenvalue weighted by molar-refractivity contribution is -0.425. The molecule has 0 aromatic heterocycles. The van der Waals surface area contributed by atoms with Crippen LogP contribution in [0.2, 0.25) is 0 Å². The molecule has 0 unspecified atom stereocenters. The van der Waals surface area contributed by atoms with Gasteiger partial charge in [-0.2, -0.15) is 0 Å². The third-order valence-corrected chi connectivity index (χ3v) is 6.12. The number of nitrogens with zero attached hydrogens (tertiary/aromatic N) is 2. The first kappa shape index (κ1) is 21.6. The molecule has 2 aromatic carbocycles. The van der Waals surface area contributed by atoms with Crippen molar-refractivity contribution in [3.63, 3.8) is 0 Å². The number of anilines is 1. The minimum Gasteiger partial charge on any atom is -0.229 e. The van der Waals surface area contributed by atoms with E-state index >= 15 is 0 Å². The zero-order valence-corrected chi connectivity index (χ0v) is 19.7. The maximum absolute atomic E-state index is 2.51. The molecule has 1 aliphatic rings. The highest BCUT2D eigenvalue weighted by Gasteiger charge is 2.31. The summed E-state index contributed by atoms with van der Waals surface area (Å²) in [6.07, 6.45) is 2.38. The van der Waals surface area contributed by atoms with Gasteiger partial charge in [0, 0.05) is 22.3 Å². The normalized spacial score (nSPS) is 14.6. The first-order chi connectivity index (χ1) is 13.7. The Labute approximate surface area is 178 Å². The molecule has 0 saturated carbocycles. The van der Waals surface area contributed by atoms with Crippen LogP contribution in [0.3, 0.4) is 0 Å². The number of hydrogen-bond donors (Lipinski definition) is 0. The Balaban J connectivity index is 2.15. The summed E-state index contributed by atoms with van der Waals surface area (Å²) in [5.74, 6) is 2.06. The third-order valence-electron chi connectivity index (χ3n) is 6.12. The molecule has 29 heavy (non-hydrogen) atoms. The maximum atomic E-state index is 2.51. The Hall–Kier alpha value is -2.09. The van der Waals surface area contributed by atoms with Gasteiger partial charge in [0.2, 0.25) is 6.34 Å². The van der Waals surface area contributed by atoms with Crippen molar-refractivity contribution >= 4 is 17.7 Å². The average Bonchev–Trinajstić information content (AvgIpc) is 3.15. The van der Waals surface area contributed by atoms with Crippen LogP contribution in [0.15, 0.2) is 36.4 Å². The second kappa shape index (κ2) is 8.73. The van der Waals surface area contributed by atoms with Crippen molar-refractivity contribution in [2.24, 2.45) is 0 Å².